The van der Waals surface area contributed by atoms with E-state index in [1.165, 1.54) is 24.1 Å². The maximum Gasteiger partial charge on any atom is 0.102 e. The molecule has 0 aliphatic heterocycles. The summed E-state index contributed by atoms with van der Waals surface area (Å²) in [7, 11) is 1.97. The van der Waals surface area contributed by atoms with Crippen molar-refractivity contribution in [2.24, 2.45) is 12.5 Å². The van der Waals surface area contributed by atoms with E-state index < -0.39 is 0 Å². The fraction of sp³-hybridized carbons (Fsp3) is 0.625. The normalized spacial score (nSPS) is 16.8. The van der Waals surface area contributed by atoms with Crippen LogP contribution in [-0.4, -0.2) is 14.8 Å². The highest BCUT2D eigenvalue weighted by molar-refractivity contribution is 5.74. The van der Waals surface area contributed by atoms with Gasteiger partial charge in [-0.25, -0.2) is 0 Å². The fourth-order valence-corrected chi connectivity index (χ4v) is 4.69. The lowest BCUT2D eigenvalue weighted by molar-refractivity contribution is 0.158. The molecule has 0 radical (unpaired) electrons. The maximum atomic E-state index is 10.3. The number of rotatable bonds is 5. The molecule has 28 heavy (non-hydrogen) atoms. The van der Waals surface area contributed by atoms with Crippen molar-refractivity contribution in [2.75, 3.05) is 0 Å². The lowest BCUT2D eigenvalue weighted by atomic mass is 9.60. The minimum Gasteiger partial charge on any atom is -0.268 e. The van der Waals surface area contributed by atoms with Gasteiger partial charge in [-0.3, -0.25) is 9.67 Å². The van der Waals surface area contributed by atoms with Gasteiger partial charge in [0.1, 0.15) is 6.07 Å². The molecule has 2 aromatic heterocycles. The first-order valence-corrected chi connectivity index (χ1v) is 10.8. The molecule has 1 unspecified atom stereocenters. The van der Waals surface area contributed by atoms with E-state index in [0.29, 0.717) is 0 Å². The van der Waals surface area contributed by atoms with Crippen molar-refractivity contribution in [1.29, 1.82) is 5.26 Å². The molecule has 3 rings (SSSR count). The molecular weight excluding hydrogens is 344 g/mol. The fourth-order valence-electron chi connectivity index (χ4n) is 4.69. The van der Waals surface area contributed by atoms with Crippen LogP contribution in [0.15, 0.2) is 12.3 Å². The predicted molar refractivity (Wildman–Crippen MR) is 114 cm³/mol. The molecule has 0 bridgehead atoms. The Morgan fingerprint density at radius 1 is 1.11 bits per heavy atom. The first-order chi connectivity index (χ1) is 13.3. The van der Waals surface area contributed by atoms with Crippen molar-refractivity contribution in [3.05, 3.63) is 34.8 Å². The van der Waals surface area contributed by atoms with E-state index in [1.807, 2.05) is 24.0 Å². The van der Waals surface area contributed by atoms with Gasteiger partial charge in [-0.2, -0.15) is 10.4 Å². The first kappa shape index (κ1) is 20.6. The number of fused-ring (bicyclic) bond motifs is 1. The number of hydrogen-bond donors (Lipinski definition) is 0. The molecule has 150 valence electrons. The molecule has 2 heterocycles. The number of aryl methyl sites for hydroxylation is 2. The zero-order valence-electron chi connectivity index (χ0n) is 18.4. The Kier molecular flexibility index (Phi) is 5.66. The van der Waals surface area contributed by atoms with Crippen LogP contribution in [0.1, 0.15) is 89.2 Å². The zero-order valence-corrected chi connectivity index (χ0v) is 18.4. The third kappa shape index (κ3) is 3.15. The second-order valence-electron chi connectivity index (χ2n) is 9.07. The average molecular weight is 379 g/mol. The first-order valence-electron chi connectivity index (χ1n) is 10.8. The third-order valence-electron chi connectivity index (χ3n) is 7.52. The van der Waals surface area contributed by atoms with Crippen LogP contribution in [-0.2, 0) is 25.3 Å². The van der Waals surface area contributed by atoms with Gasteiger partial charge in [0.05, 0.1) is 17.0 Å². The topological polar surface area (TPSA) is 54.5 Å². The summed E-state index contributed by atoms with van der Waals surface area (Å²) in [6.07, 6.45) is 9.40. The second kappa shape index (κ2) is 7.70. The van der Waals surface area contributed by atoms with Gasteiger partial charge in [-0.1, -0.05) is 47.5 Å². The van der Waals surface area contributed by atoms with Crippen molar-refractivity contribution < 1.29 is 0 Å². The summed E-state index contributed by atoms with van der Waals surface area (Å²) >= 11 is 0. The summed E-state index contributed by atoms with van der Waals surface area (Å²) in [4.78, 5) is 5.25. The van der Waals surface area contributed by atoms with Gasteiger partial charge < -0.3 is 0 Å². The maximum absolute atomic E-state index is 10.3. The van der Waals surface area contributed by atoms with Crippen LogP contribution in [0.5, 0.6) is 0 Å². The van der Waals surface area contributed by atoms with Crippen LogP contribution in [0.3, 0.4) is 0 Å². The molecule has 0 saturated carbocycles. The predicted octanol–water partition coefficient (Wildman–Crippen LogP) is 5.73. The standard InChI is InChI=1S/C24H34N4/c1-7-23(3,4)24(5,8-2)22-18(16-25)21(20-14-15-26-28(20)6)17-12-10-9-11-13-19(17)27-22/h14-15H,7-13H2,1-6H3. The van der Waals surface area contributed by atoms with Crippen molar-refractivity contribution in [3.63, 3.8) is 0 Å². The van der Waals surface area contributed by atoms with Crippen LogP contribution >= 0.6 is 0 Å². The highest BCUT2D eigenvalue weighted by Gasteiger charge is 2.43. The summed E-state index contributed by atoms with van der Waals surface area (Å²) in [5.41, 5.74) is 6.21. The number of nitrogens with zero attached hydrogens (tertiary/aromatic N) is 4. The molecule has 0 saturated heterocycles. The van der Waals surface area contributed by atoms with Crippen molar-refractivity contribution >= 4 is 0 Å². The number of aromatic nitrogens is 3. The zero-order chi connectivity index (χ0) is 20.5. The Labute approximate surface area is 170 Å². The summed E-state index contributed by atoms with van der Waals surface area (Å²) in [5.74, 6) is 0. The number of hydrogen-bond acceptors (Lipinski definition) is 3. The van der Waals surface area contributed by atoms with E-state index in [0.717, 1.165) is 54.6 Å². The molecule has 0 aromatic carbocycles. The van der Waals surface area contributed by atoms with E-state index in [9.17, 15) is 5.26 Å². The van der Waals surface area contributed by atoms with Crippen LogP contribution in [0.25, 0.3) is 11.3 Å². The molecule has 1 aliphatic carbocycles. The van der Waals surface area contributed by atoms with Crippen molar-refractivity contribution in [2.45, 2.75) is 85.0 Å². The van der Waals surface area contributed by atoms with E-state index in [-0.39, 0.29) is 10.8 Å². The van der Waals surface area contributed by atoms with Crippen LogP contribution in [0.2, 0.25) is 0 Å². The quantitative estimate of drug-likeness (QED) is 0.625. The van der Waals surface area contributed by atoms with Gasteiger partial charge >= 0.3 is 0 Å². The Hall–Kier alpha value is -2.15. The molecular formula is C24H34N4. The molecule has 4 nitrogen and oxygen atoms in total. The molecule has 0 fully saturated rings. The average Bonchev–Trinajstić information content (AvgIpc) is 2.97. The van der Waals surface area contributed by atoms with Crippen molar-refractivity contribution in [1.82, 2.24) is 14.8 Å². The van der Waals surface area contributed by atoms with Gasteiger partial charge in [-0.05, 0) is 49.1 Å². The molecule has 0 spiro atoms. The van der Waals surface area contributed by atoms with Crippen LogP contribution in [0.4, 0.5) is 0 Å². The minimum atomic E-state index is -0.165. The summed E-state index contributed by atoms with van der Waals surface area (Å²) in [5, 5.41) is 14.7. The SMILES string of the molecule is CCC(C)(C)C(C)(CC)c1nc2c(c(-c3ccnn3C)c1C#N)CCCCC2. The Bertz CT molecular complexity index is 900. The Balaban J connectivity index is 2.41. The van der Waals surface area contributed by atoms with E-state index in [2.05, 4.69) is 45.8 Å². The monoisotopic (exact) mass is 378 g/mol. The Morgan fingerprint density at radius 2 is 1.82 bits per heavy atom. The summed E-state index contributed by atoms with van der Waals surface area (Å²) in [6, 6.07) is 4.62. The molecule has 0 amide bonds. The number of pyridine rings is 1. The van der Waals surface area contributed by atoms with Gasteiger partial charge in [0, 0.05) is 29.9 Å². The highest BCUT2D eigenvalue weighted by Crippen LogP contribution is 2.49. The van der Waals surface area contributed by atoms with E-state index >= 15 is 0 Å². The summed E-state index contributed by atoms with van der Waals surface area (Å²) < 4.78 is 1.90. The highest BCUT2D eigenvalue weighted by atomic mass is 15.3. The lowest BCUT2D eigenvalue weighted by Crippen LogP contribution is -2.40. The minimum absolute atomic E-state index is 0.0447. The van der Waals surface area contributed by atoms with Crippen molar-refractivity contribution in [3.8, 4) is 17.3 Å². The number of nitriles is 1. The van der Waals surface area contributed by atoms with Gasteiger partial charge in [0.15, 0.2) is 0 Å². The molecule has 4 heteroatoms. The smallest absolute Gasteiger partial charge is 0.102 e. The van der Waals surface area contributed by atoms with Crippen LogP contribution < -0.4 is 0 Å². The summed E-state index contributed by atoms with van der Waals surface area (Å²) in [6.45, 7) is 11.4. The van der Waals surface area contributed by atoms with Gasteiger partial charge in [0.25, 0.3) is 0 Å². The molecule has 1 atom stereocenters. The largest absolute Gasteiger partial charge is 0.268 e. The molecule has 1 aliphatic rings. The molecule has 0 N–H and O–H groups in total. The van der Waals surface area contributed by atoms with E-state index in [1.54, 1.807) is 0 Å². The Morgan fingerprint density at radius 3 is 2.39 bits per heavy atom. The second-order valence-corrected chi connectivity index (χ2v) is 9.07. The third-order valence-corrected chi connectivity index (χ3v) is 7.52. The van der Waals surface area contributed by atoms with Crippen LogP contribution in [0, 0.1) is 16.7 Å². The van der Waals surface area contributed by atoms with Gasteiger partial charge in [0.2, 0.25) is 0 Å². The lowest BCUT2D eigenvalue weighted by Gasteiger charge is -2.44. The van der Waals surface area contributed by atoms with Gasteiger partial charge in [-0.15, -0.1) is 0 Å². The van der Waals surface area contributed by atoms with E-state index in [4.69, 9.17) is 4.98 Å². The molecule has 2 aromatic rings.